The van der Waals surface area contributed by atoms with Gasteiger partial charge in [0.05, 0.1) is 11.9 Å². The summed E-state index contributed by atoms with van der Waals surface area (Å²) in [6.45, 7) is 0. The predicted molar refractivity (Wildman–Crippen MR) is 91.8 cm³/mol. The van der Waals surface area contributed by atoms with Gasteiger partial charge >= 0.3 is 6.03 Å². The number of nitrogens with one attached hydrogen (secondary N) is 3. The molecule has 3 heterocycles. The van der Waals surface area contributed by atoms with Gasteiger partial charge in [-0.1, -0.05) is 6.07 Å². The molecule has 0 radical (unpaired) electrons. The van der Waals surface area contributed by atoms with Gasteiger partial charge in [-0.2, -0.15) is 5.10 Å². The highest BCUT2D eigenvalue weighted by molar-refractivity contribution is 6.01. The van der Waals surface area contributed by atoms with Crippen molar-refractivity contribution in [2.75, 3.05) is 10.6 Å². The molecule has 1 aromatic carbocycles. The predicted octanol–water partition coefficient (Wildman–Crippen LogP) is 3.51. The second-order valence-corrected chi connectivity index (χ2v) is 5.31. The maximum absolute atomic E-state index is 13.2. The molecular weight excluding hydrogens is 323 g/mol. The summed E-state index contributed by atoms with van der Waals surface area (Å²) in [5, 5.41) is 11.9. The van der Waals surface area contributed by atoms with Crippen LogP contribution in [-0.2, 0) is 0 Å². The Kier molecular flexibility index (Phi) is 3.62. The molecule has 4 rings (SSSR count). The molecule has 3 aromatic heterocycles. The number of urea groups is 1. The number of hydrogen-bond donors (Lipinski definition) is 3. The fourth-order valence-corrected chi connectivity index (χ4v) is 2.51. The van der Waals surface area contributed by atoms with Gasteiger partial charge < -0.3 is 5.32 Å². The average molecular weight is 336 g/mol. The molecule has 0 fully saturated rings. The monoisotopic (exact) mass is 336 g/mol. The number of amides is 2. The highest BCUT2D eigenvalue weighted by Crippen LogP contribution is 2.29. The van der Waals surface area contributed by atoms with E-state index in [0.717, 1.165) is 0 Å². The standard InChI is InChI=1S/C17H13FN6O/c18-12-6-4-11(5-7-12)15-16(24-8-2-1-3-14(24)22-15)23-17(25)21-13-9-19-20-10-13/h1-10H,(H,19,20)(H2,21,23,25). The Labute approximate surface area is 141 Å². The van der Waals surface area contributed by atoms with Gasteiger partial charge in [-0.25, -0.2) is 14.2 Å². The molecular formula is C17H13FN6O. The van der Waals surface area contributed by atoms with E-state index in [9.17, 15) is 9.18 Å². The highest BCUT2D eigenvalue weighted by Gasteiger charge is 2.16. The fourth-order valence-electron chi connectivity index (χ4n) is 2.51. The highest BCUT2D eigenvalue weighted by atomic mass is 19.1. The van der Waals surface area contributed by atoms with Crippen LogP contribution in [0.15, 0.2) is 61.1 Å². The zero-order valence-electron chi connectivity index (χ0n) is 12.9. The Balaban J connectivity index is 1.74. The Morgan fingerprint density at radius 1 is 1.12 bits per heavy atom. The third kappa shape index (κ3) is 2.92. The number of imidazole rings is 1. The lowest BCUT2D eigenvalue weighted by Gasteiger charge is -2.08. The van der Waals surface area contributed by atoms with Crippen LogP contribution in [-0.4, -0.2) is 25.6 Å². The number of hydrogen-bond acceptors (Lipinski definition) is 3. The number of H-pyrrole nitrogens is 1. The van der Waals surface area contributed by atoms with E-state index in [2.05, 4.69) is 25.8 Å². The molecule has 0 saturated heterocycles. The number of rotatable bonds is 3. The molecule has 0 saturated carbocycles. The fraction of sp³-hybridized carbons (Fsp3) is 0. The molecule has 25 heavy (non-hydrogen) atoms. The van der Waals surface area contributed by atoms with Crippen LogP contribution < -0.4 is 10.6 Å². The van der Waals surface area contributed by atoms with Crippen LogP contribution in [0.25, 0.3) is 16.9 Å². The summed E-state index contributed by atoms with van der Waals surface area (Å²) in [6.07, 6.45) is 4.85. The number of fused-ring (bicyclic) bond motifs is 1. The van der Waals surface area contributed by atoms with Gasteiger partial charge in [0, 0.05) is 18.0 Å². The lowest BCUT2D eigenvalue weighted by atomic mass is 10.1. The number of carbonyl (C=O) groups excluding carboxylic acids is 1. The Morgan fingerprint density at radius 2 is 1.96 bits per heavy atom. The zero-order valence-corrected chi connectivity index (χ0v) is 12.9. The van der Waals surface area contributed by atoms with Crippen molar-refractivity contribution >= 4 is 23.2 Å². The van der Waals surface area contributed by atoms with E-state index in [-0.39, 0.29) is 5.82 Å². The first-order chi connectivity index (χ1) is 12.2. The molecule has 0 unspecified atom stereocenters. The van der Waals surface area contributed by atoms with E-state index in [1.165, 1.54) is 18.3 Å². The molecule has 0 aliphatic rings. The van der Waals surface area contributed by atoms with Crippen molar-refractivity contribution in [3.8, 4) is 11.3 Å². The third-order valence-electron chi connectivity index (χ3n) is 3.64. The quantitative estimate of drug-likeness (QED) is 0.535. The normalized spacial score (nSPS) is 10.8. The topological polar surface area (TPSA) is 87.1 Å². The Morgan fingerprint density at radius 3 is 2.72 bits per heavy atom. The first-order valence-electron chi connectivity index (χ1n) is 7.50. The van der Waals surface area contributed by atoms with E-state index in [4.69, 9.17) is 0 Å². The minimum Gasteiger partial charge on any atom is -0.305 e. The summed E-state index contributed by atoms with van der Waals surface area (Å²) in [5.74, 6) is 0.155. The van der Waals surface area contributed by atoms with Crippen LogP contribution in [0.2, 0.25) is 0 Å². The van der Waals surface area contributed by atoms with Crippen LogP contribution in [0.1, 0.15) is 0 Å². The molecule has 0 aliphatic heterocycles. The SMILES string of the molecule is O=C(Nc1cn[nH]c1)Nc1c(-c2ccc(F)cc2)nc2ccccn12. The van der Waals surface area contributed by atoms with Crippen LogP contribution >= 0.6 is 0 Å². The van der Waals surface area contributed by atoms with Crippen LogP contribution in [0.5, 0.6) is 0 Å². The summed E-state index contributed by atoms with van der Waals surface area (Å²) < 4.78 is 15.0. The Hall–Kier alpha value is -3.68. The minimum absolute atomic E-state index is 0.334. The maximum Gasteiger partial charge on any atom is 0.324 e. The van der Waals surface area contributed by atoms with E-state index in [0.29, 0.717) is 28.4 Å². The van der Waals surface area contributed by atoms with Crippen molar-refractivity contribution in [2.45, 2.75) is 0 Å². The van der Waals surface area contributed by atoms with Crippen molar-refractivity contribution in [2.24, 2.45) is 0 Å². The lowest BCUT2D eigenvalue weighted by Crippen LogP contribution is -2.20. The van der Waals surface area contributed by atoms with E-state index >= 15 is 0 Å². The van der Waals surface area contributed by atoms with Crippen molar-refractivity contribution in [3.05, 3.63) is 66.9 Å². The van der Waals surface area contributed by atoms with Gasteiger partial charge in [0.15, 0.2) is 0 Å². The number of nitrogens with zero attached hydrogens (tertiary/aromatic N) is 3. The van der Waals surface area contributed by atoms with E-state index < -0.39 is 6.03 Å². The van der Waals surface area contributed by atoms with Gasteiger partial charge in [-0.3, -0.25) is 14.8 Å². The van der Waals surface area contributed by atoms with Crippen molar-refractivity contribution < 1.29 is 9.18 Å². The summed E-state index contributed by atoms with van der Waals surface area (Å²) in [4.78, 5) is 16.8. The number of halogens is 1. The number of aromatic nitrogens is 4. The smallest absolute Gasteiger partial charge is 0.305 e. The van der Waals surface area contributed by atoms with Crippen molar-refractivity contribution in [1.29, 1.82) is 0 Å². The van der Waals surface area contributed by atoms with E-state index in [1.807, 2.05) is 18.2 Å². The average Bonchev–Trinajstić information content (AvgIpc) is 3.24. The van der Waals surface area contributed by atoms with Gasteiger partial charge in [0.1, 0.15) is 23.0 Å². The molecule has 7 nitrogen and oxygen atoms in total. The number of aromatic amines is 1. The molecule has 0 spiro atoms. The third-order valence-corrected chi connectivity index (χ3v) is 3.64. The lowest BCUT2D eigenvalue weighted by molar-refractivity contribution is 0.262. The number of pyridine rings is 1. The molecule has 0 atom stereocenters. The van der Waals surface area contributed by atoms with Crippen molar-refractivity contribution in [1.82, 2.24) is 19.6 Å². The van der Waals surface area contributed by atoms with Crippen LogP contribution in [0, 0.1) is 5.82 Å². The number of carbonyl (C=O) groups is 1. The van der Waals surface area contributed by atoms with Gasteiger partial charge in [0.25, 0.3) is 0 Å². The van der Waals surface area contributed by atoms with Crippen LogP contribution in [0.3, 0.4) is 0 Å². The minimum atomic E-state index is -0.435. The summed E-state index contributed by atoms with van der Waals surface area (Å²) in [5.41, 5.74) is 2.45. The number of anilines is 2. The second kappa shape index (κ2) is 6.08. The second-order valence-electron chi connectivity index (χ2n) is 5.31. The molecule has 2 amide bonds. The largest absolute Gasteiger partial charge is 0.324 e. The summed E-state index contributed by atoms with van der Waals surface area (Å²) in [7, 11) is 0. The summed E-state index contributed by atoms with van der Waals surface area (Å²) in [6, 6.07) is 11.0. The van der Waals surface area contributed by atoms with Gasteiger partial charge in [-0.05, 0) is 36.4 Å². The van der Waals surface area contributed by atoms with E-state index in [1.54, 1.807) is 28.9 Å². The molecule has 0 bridgehead atoms. The molecule has 124 valence electrons. The Bertz CT molecular complexity index is 1020. The first kappa shape index (κ1) is 14.9. The zero-order chi connectivity index (χ0) is 17.2. The number of benzene rings is 1. The molecule has 4 aromatic rings. The molecule has 0 aliphatic carbocycles. The van der Waals surface area contributed by atoms with Crippen LogP contribution in [0.4, 0.5) is 20.7 Å². The van der Waals surface area contributed by atoms with Crippen molar-refractivity contribution in [3.63, 3.8) is 0 Å². The maximum atomic E-state index is 13.2. The summed E-state index contributed by atoms with van der Waals surface area (Å²) >= 11 is 0. The van der Waals surface area contributed by atoms with Gasteiger partial charge in [0.2, 0.25) is 0 Å². The van der Waals surface area contributed by atoms with Gasteiger partial charge in [-0.15, -0.1) is 0 Å². The first-order valence-corrected chi connectivity index (χ1v) is 7.50. The molecule has 3 N–H and O–H groups in total. The molecule has 8 heteroatoms.